The van der Waals surface area contributed by atoms with Gasteiger partial charge >= 0.3 is 11.9 Å². The second-order valence-corrected chi connectivity index (χ2v) is 5.37. The highest BCUT2D eigenvalue weighted by Gasteiger charge is 2.15. The zero-order valence-electron chi connectivity index (χ0n) is 15.1. The molecule has 2 aromatic carbocycles. The Balaban J connectivity index is 1.85. The van der Waals surface area contributed by atoms with Gasteiger partial charge in [0.05, 0.1) is 23.4 Å². The second kappa shape index (κ2) is 10.3. The molecule has 0 aromatic heterocycles. The Morgan fingerprint density at radius 3 is 2.46 bits per heavy atom. The first-order valence-corrected chi connectivity index (χ1v) is 8.38. The quantitative estimate of drug-likeness (QED) is 0.697. The van der Waals surface area contributed by atoms with E-state index in [4.69, 9.17) is 19.5 Å². The SMILES string of the molecule is CCOC(=O)c1ccccc1NC(=O)COC(=O)COc1ccccc1C#N. The number of para-hydroxylation sites is 2. The van der Waals surface area contributed by atoms with Crippen LogP contribution >= 0.6 is 0 Å². The monoisotopic (exact) mass is 382 g/mol. The average molecular weight is 382 g/mol. The van der Waals surface area contributed by atoms with E-state index in [9.17, 15) is 14.4 Å². The molecule has 0 fully saturated rings. The molecular formula is C20H18N2O6. The highest BCUT2D eigenvalue weighted by Crippen LogP contribution is 2.17. The molecule has 28 heavy (non-hydrogen) atoms. The maximum absolute atomic E-state index is 12.0. The van der Waals surface area contributed by atoms with Gasteiger partial charge in [0.25, 0.3) is 5.91 Å². The highest BCUT2D eigenvalue weighted by molar-refractivity contribution is 6.01. The molecule has 0 saturated carbocycles. The van der Waals surface area contributed by atoms with Gasteiger partial charge < -0.3 is 19.5 Å². The number of carbonyl (C=O) groups is 3. The molecule has 2 rings (SSSR count). The zero-order chi connectivity index (χ0) is 20.4. The van der Waals surface area contributed by atoms with Gasteiger partial charge in [0.15, 0.2) is 13.2 Å². The van der Waals surface area contributed by atoms with Crippen LogP contribution in [0.4, 0.5) is 5.69 Å². The summed E-state index contributed by atoms with van der Waals surface area (Å²) in [5, 5.41) is 11.5. The topological polar surface area (TPSA) is 115 Å². The van der Waals surface area contributed by atoms with Crippen molar-refractivity contribution < 1.29 is 28.6 Å². The number of nitrogens with one attached hydrogen (secondary N) is 1. The van der Waals surface area contributed by atoms with Gasteiger partial charge in [-0.3, -0.25) is 4.79 Å². The Labute approximate surface area is 161 Å². The summed E-state index contributed by atoms with van der Waals surface area (Å²) in [6.07, 6.45) is 0. The molecule has 0 heterocycles. The third-order valence-corrected chi connectivity index (χ3v) is 3.41. The molecule has 144 valence electrons. The number of hydrogen-bond acceptors (Lipinski definition) is 7. The van der Waals surface area contributed by atoms with Gasteiger partial charge in [-0.25, -0.2) is 9.59 Å². The van der Waals surface area contributed by atoms with Crippen molar-refractivity contribution in [2.75, 3.05) is 25.1 Å². The summed E-state index contributed by atoms with van der Waals surface area (Å²) >= 11 is 0. The molecule has 1 amide bonds. The van der Waals surface area contributed by atoms with E-state index in [-0.39, 0.29) is 29.2 Å². The van der Waals surface area contributed by atoms with E-state index in [1.807, 2.05) is 6.07 Å². The number of nitriles is 1. The third kappa shape index (κ3) is 5.85. The molecule has 0 aliphatic rings. The molecular weight excluding hydrogens is 364 g/mol. The van der Waals surface area contributed by atoms with Gasteiger partial charge in [0.2, 0.25) is 0 Å². The number of anilines is 1. The maximum atomic E-state index is 12.0. The van der Waals surface area contributed by atoms with Crippen LogP contribution in [0.3, 0.4) is 0 Å². The van der Waals surface area contributed by atoms with Crippen LogP contribution in [0.1, 0.15) is 22.8 Å². The predicted molar refractivity (Wildman–Crippen MR) is 98.6 cm³/mol. The number of nitrogens with zero attached hydrogens (tertiary/aromatic N) is 1. The van der Waals surface area contributed by atoms with E-state index in [2.05, 4.69) is 5.32 Å². The molecule has 2 aromatic rings. The van der Waals surface area contributed by atoms with E-state index in [1.165, 1.54) is 12.1 Å². The van der Waals surface area contributed by atoms with Crippen molar-refractivity contribution in [3.63, 3.8) is 0 Å². The Morgan fingerprint density at radius 2 is 1.71 bits per heavy atom. The van der Waals surface area contributed by atoms with E-state index >= 15 is 0 Å². The Kier molecular flexibility index (Phi) is 7.54. The van der Waals surface area contributed by atoms with Gasteiger partial charge in [0.1, 0.15) is 11.8 Å². The van der Waals surface area contributed by atoms with Crippen LogP contribution in [0.2, 0.25) is 0 Å². The number of hydrogen-bond donors (Lipinski definition) is 1. The summed E-state index contributed by atoms with van der Waals surface area (Å²) in [6.45, 7) is 0.869. The Bertz CT molecular complexity index is 904. The largest absolute Gasteiger partial charge is 0.481 e. The fraction of sp³-hybridized carbons (Fsp3) is 0.200. The van der Waals surface area contributed by atoms with Gasteiger partial charge in [-0.1, -0.05) is 24.3 Å². The summed E-state index contributed by atoms with van der Waals surface area (Å²) in [5.74, 6) is -1.72. The number of benzene rings is 2. The molecule has 0 unspecified atom stereocenters. The molecule has 0 aliphatic heterocycles. The first kappa shape index (κ1) is 20.5. The maximum Gasteiger partial charge on any atom is 0.344 e. The molecule has 0 radical (unpaired) electrons. The van der Waals surface area contributed by atoms with Crippen LogP contribution in [0.5, 0.6) is 5.75 Å². The van der Waals surface area contributed by atoms with Crippen molar-refractivity contribution in [3.8, 4) is 11.8 Å². The van der Waals surface area contributed by atoms with Crippen LogP contribution in [0.25, 0.3) is 0 Å². The molecule has 0 aliphatic carbocycles. The van der Waals surface area contributed by atoms with Crippen LogP contribution in [-0.4, -0.2) is 37.7 Å². The fourth-order valence-corrected chi connectivity index (χ4v) is 2.17. The van der Waals surface area contributed by atoms with E-state index in [1.54, 1.807) is 43.3 Å². The molecule has 0 saturated heterocycles. The van der Waals surface area contributed by atoms with Gasteiger partial charge in [-0.15, -0.1) is 0 Å². The van der Waals surface area contributed by atoms with E-state index < -0.39 is 31.1 Å². The smallest absolute Gasteiger partial charge is 0.344 e. The van der Waals surface area contributed by atoms with Crippen LogP contribution in [-0.2, 0) is 19.1 Å². The molecule has 8 heteroatoms. The summed E-state index contributed by atoms with van der Waals surface area (Å²) in [5.41, 5.74) is 0.727. The summed E-state index contributed by atoms with van der Waals surface area (Å²) in [4.78, 5) is 35.6. The van der Waals surface area contributed by atoms with Crippen molar-refractivity contribution >= 4 is 23.5 Å². The minimum absolute atomic E-state index is 0.195. The van der Waals surface area contributed by atoms with Gasteiger partial charge in [0, 0.05) is 0 Å². The minimum atomic E-state index is -0.776. The normalized spacial score (nSPS) is 9.71. The fourth-order valence-electron chi connectivity index (χ4n) is 2.17. The number of carbonyl (C=O) groups excluding carboxylic acids is 3. The third-order valence-electron chi connectivity index (χ3n) is 3.41. The number of esters is 2. The molecule has 8 nitrogen and oxygen atoms in total. The van der Waals surface area contributed by atoms with Gasteiger partial charge in [-0.2, -0.15) is 5.26 Å². The molecule has 0 bridgehead atoms. The standard InChI is InChI=1S/C20H18N2O6/c1-2-26-20(25)15-8-4-5-9-16(15)22-18(23)12-28-19(24)13-27-17-10-6-3-7-14(17)11-21/h3-10H,2,12-13H2,1H3,(H,22,23). The van der Waals surface area contributed by atoms with Crippen LogP contribution in [0, 0.1) is 11.3 Å². The first-order chi connectivity index (χ1) is 13.5. The number of ether oxygens (including phenoxy) is 3. The lowest BCUT2D eigenvalue weighted by atomic mass is 10.2. The minimum Gasteiger partial charge on any atom is -0.481 e. The summed E-state index contributed by atoms with van der Waals surface area (Å²) in [7, 11) is 0. The summed E-state index contributed by atoms with van der Waals surface area (Å²) in [6, 6.07) is 14.7. The summed E-state index contributed by atoms with van der Waals surface area (Å²) < 4.78 is 15.0. The predicted octanol–water partition coefficient (Wildman–Crippen LogP) is 2.30. The molecule has 0 spiro atoms. The van der Waals surface area contributed by atoms with E-state index in [0.717, 1.165) is 0 Å². The molecule has 1 N–H and O–H groups in total. The van der Waals surface area contributed by atoms with Crippen LogP contribution in [0.15, 0.2) is 48.5 Å². The average Bonchev–Trinajstić information content (AvgIpc) is 2.71. The van der Waals surface area contributed by atoms with Crippen molar-refractivity contribution in [2.45, 2.75) is 6.92 Å². The lowest BCUT2D eigenvalue weighted by Crippen LogP contribution is -2.24. The Morgan fingerprint density at radius 1 is 1.00 bits per heavy atom. The van der Waals surface area contributed by atoms with Gasteiger partial charge in [-0.05, 0) is 31.2 Å². The van der Waals surface area contributed by atoms with Crippen LogP contribution < -0.4 is 10.1 Å². The number of amides is 1. The molecule has 0 atom stereocenters. The second-order valence-electron chi connectivity index (χ2n) is 5.37. The highest BCUT2D eigenvalue weighted by atomic mass is 16.6. The van der Waals surface area contributed by atoms with Crippen molar-refractivity contribution in [3.05, 3.63) is 59.7 Å². The zero-order valence-corrected chi connectivity index (χ0v) is 15.1. The Hall–Kier alpha value is -3.86. The van der Waals surface area contributed by atoms with Crippen molar-refractivity contribution in [2.24, 2.45) is 0 Å². The lowest BCUT2D eigenvalue weighted by Gasteiger charge is -2.11. The first-order valence-electron chi connectivity index (χ1n) is 8.38. The van der Waals surface area contributed by atoms with Crippen molar-refractivity contribution in [1.29, 1.82) is 5.26 Å². The number of rotatable bonds is 8. The van der Waals surface area contributed by atoms with E-state index in [0.29, 0.717) is 0 Å². The van der Waals surface area contributed by atoms with Crippen molar-refractivity contribution in [1.82, 2.24) is 0 Å². The lowest BCUT2D eigenvalue weighted by molar-refractivity contribution is -0.149.